The first-order valence-electron chi connectivity index (χ1n) is 7.86. The number of rotatable bonds is 3. The first kappa shape index (κ1) is 18.3. The summed E-state index contributed by atoms with van der Waals surface area (Å²) in [4.78, 5) is 16.9. The van der Waals surface area contributed by atoms with Gasteiger partial charge in [-0.2, -0.15) is 13.2 Å². The van der Waals surface area contributed by atoms with E-state index in [0.717, 1.165) is 29.9 Å². The van der Waals surface area contributed by atoms with E-state index >= 15 is 0 Å². The monoisotopic (exact) mass is 381 g/mol. The van der Waals surface area contributed by atoms with Gasteiger partial charge >= 0.3 is 6.18 Å². The van der Waals surface area contributed by atoms with Gasteiger partial charge in [-0.05, 0) is 43.7 Å². The van der Waals surface area contributed by atoms with E-state index in [9.17, 15) is 18.0 Å². The minimum absolute atomic E-state index is 0.0575. The van der Waals surface area contributed by atoms with E-state index in [1.165, 1.54) is 12.1 Å². The predicted octanol–water partition coefficient (Wildman–Crippen LogP) is 5.13. The highest BCUT2D eigenvalue weighted by Crippen LogP contribution is 2.36. The lowest BCUT2D eigenvalue weighted by atomic mass is 10.1. The van der Waals surface area contributed by atoms with Gasteiger partial charge in [0.25, 0.3) is 5.91 Å². The summed E-state index contributed by atoms with van der Waals surface area (Å²) >= 11 is 5.65. The molecule has 0 unspecified atom stereocenters. The van der Waals surface area contributed by atoms with Crippen molar-refractivity contribution in [2.75, 3.05) is 5.32 Å². The van der Waals surface area contributed by atoms with Crippen LogP contribution >= 0.6 is 11.6 Å². The molecular weight excluding hydrogens is 367 g/mol. The average Bonchev–Trinajstić information content (AvgIpc) is 2.91. The van der Waals surface area contributed by atoms with Gasteiger partial charge in [0.1, 0.15) is 5.65 Å². The first-order valence-corrected chi connectivity index (χ1v) is 8.24. The lowest BCUT2D eigenvalue weighted by Crippen LogP contribution is -2.17. The largest absolute Gasteiger partial charge is 0.418 e. The molecule has 3 aromatic rings. The van der Waals surface area contributed by atoms with Gasteiger partial charge in [-0.1, -0.05) is 18.5 Å². The molecule has 0 saturated heterocycles. The van der Waals surface area contributed by atoms with E-state index in [-0.39, 0.29) is 16.3 Å². The number of carbonyl (C=O) groups excluding carboxylic acids is 1. The Bertz CT molecular complexity index is 995. The number of imidazole rings is 1. The molecule has 0 spiro atoms. The number of halogens is 4. The highest BCUT2D eigenvalue weighted by molar-refractivity contribution is 6.30. The Balaban J connectivity index is 1.96. The van der Waals surface area contributed by atoms with E-state index in [0.29, 0.717) is 5.65 Å². The van der Waals surface area contributed by atoms with Gasteiger partial charge in [-0.15, -0.1) is 0 Å². The maximum absolute atomic E-state index is 13.2. The van der Waals surface area contributed by atoms with Crippen LogP contribution in [0, 0.1) is 6.92 Å². The molecule has 0 saturated carbocycles. The SMILES string of the molecule is CCc1nc2ccc(C(=O)Nc3ccc(Cl)cc3C(F)(F)F)cn2c1C. The summed E-state index contributed by atoms with van der Waals surface area (Å²) < 4.78 is 41.2. The highest BCUT2D eigenvalue weighted by Gasteiger charge is 2.34. The van der Waals surface area contributed by atoms with E-state index in [1.54, 1.807) is 16.7 Å². The maximum Gasteiger partial charge on any atom is 0.418 e. The fourth-order valence-corrected chi connectivity index (χ4v) is 2.91. The van der Waals surface area contributed by atoms with Crippen LogP contribution < -0.4 is 5.32 Å². The molecule has 4 nitrogen and oxygen atoms in total. The lowest BCUT2D eigenvalue weighted by Gasteiger charge is -2.14. The van der Waals surface area contributed by atoms with Gasteiger partial charge in [0.2, 0.25) is 0 Å². The van der Waals surface area contributed by atoms with Crippen LogP contribution in [0.4, 0.5) is 18.9 Å². The molecule has 136 valence electrons. The number of hydrogen-bond donors (Lipinski definition) is 1. The standard InChI is InChI=1S/C18H15ClF3N3O/c1-3-14-10(2)25-9-11(4-7-16(25)23-14)17(26)24-15-6-5-12(19)8-13(15)18(20,21)22/h4-9H,3H2,1-2H3,(H,24,26). The van der Waals surface area contributed by atoms with Crippen molar-refractivity contribution in [3.05, 3.63) is 64.1 Å². The number of nitrogens with one attached hydrogen (secondary N) is 1. The number of amides is 1. The zero-order valence-corrected chi connectivity index (χ0v) is 14.7. The third-order valence-electron chi connectivity index (χ3n) is 4.09. The zero-order chi connectivity index (χ0) is 19.1. The molecule has 0 fully saturated rings. The number of hydrogen-bond acceptors (Lipinski definition) is 2. The Morgan fingerprint density at radius 2 is 2.00 bits per heavy atom. The minimum atomic E-state index is -4.63. The smallest absolute Gasteiger partial charge is 0.321 e. The van der Waals surface area contributed by atoms with Crippen LogP contribution in [0.15, 0.2) is 36.5 Å². The van der Waals surface area contributed by atoms with Crippen molar-refractivity contribution >= 4 is 28.8 Å². The summed E-state index contributed by atoms with van der Waals surface area (Å²) in [5, 5.41) is 2.26. The van der Waals surface area contributed by atoms with E-state index < -0.39 is 17.6 Å². The Labute approximate surface area is 152 Å². The second-order valence-corrected chi connectivity index (χ2v) is 6.22. The van der Waals surface area contributed by atoms with Gasteiger partial charge in [-0.25, -0.2) is 4.98 Å². The number of aryl methyl sites for hydroxylation is 2. The molecule has 2 heterocycles. The second-order valence-electron chi connectivity index (χ2n) is 5.79. The normalized spacial score (nSPS) is 11.8. The van der Waals surface area contributed by atoms with E-state index in [4.69, 9.17) is 11.6 Å². The number of pyridine rings is 1. The fourth-order valence-electron chi connectivity index (χ4n) is 2.73. The van der Waals surface area contributed by atoms with Crippen molar-refractivity contribution in [2.45, 2.75) is 26.4 Å². The van der Waals surface area contributed by atoms with Crippen LogP contribution in [0.25, 0.3) is 5.65 Å². The van der Waals surface area contributed by atoms with Crippen molar-refractivity contribution in [1.29, 1.82) is 0 Å². The zero-order valence-electron chi connectivity index (χ0n) is 14.0. The third kappa shape index (κ3) is 3.39. The molecule has 3 rings (SSSR count). The number of benzene rings is 1. The lowest BCUT2D eigenvalue weighted by molar-refractivity contribution is -0.136. The molecular formula is C18H15ClF3N3O. The molecule has 0 bridgehead atoms. The number of aromatic nitrogens is 2. The molecule has 0 aliphatic heterocycles. The van der Waals surface area contributed by atoms with Crippen LogP contribution in [0.3, 0.4) is 0 Å². The topological polar surface area (TPSA) is 46.4 Å². The van der Waals surface area contributed by atoms with Crippen LogP contribution in [0.2, 0.25) is 5.02 Å². The Morgan fingerprint density at radius 3 is 2.65 bits per heavy atom. The van der Waals surface area contributed by atoms with Gasteiger partial charge in [0.15, 0.2) is 0 Å². The number of carbonyl (C=O) groups is 1. The maximum atomic E-state index is 13.2. The Hall–Kier alpha value is -2.54. The summed E-state index contributed by atoms with van der Waals surface area (Å²) in [7, 11) is 0. The van der Waals surface area contributed by atoms with Gasteiger partial charge < -0.3 is 9.72 Å². The van der Waals surface area contributed by atoms with Gasteiger partial charge in [0, 0.05) is 16.9 Å². The van der Waals surface area contributed by atoms with Gasteiger partial charge in [0.05, 0.1) is 22.5 Å². The van der Waals surface area contributed by atoms with E-state index in [1.807, 2.05) is 13.8 Å². The summed E-state index contributed by atoms with van der Waals surface area (Å²) in [6, 6.07) is 6.41. The van der Waals surface area contributed by atoms with Crippen molar-refractivity contribution in [2.24, 2.45) is 0 Å². The molecule has 0 aliphatic carbocycles. The van der Waals surface area contributed by atoms with Crippen molar-refractivity contribution in [3.8, 4) is 0 Å². The van der Waals surface area contributed by atoms with Crippen molar-refractivity contribution in [3.63, 3.8) is 0 Å². The number of nitrogens with zero attached hydrogens (tertiary/aromatic N) is 2. The minimum Gasteiger partial charge on any atom is -0.321 e. The molecule has 2 aromatic heterocycles. The van der Waals surface area contributed by atoms with Crippen LogP contribution in [0.5, 0.6) is 0 Å². The average molecular weight is 382 g/mol. The molecule has 8 heteroatoms. The molecule has 26 heavy (non-hydrogen) atoms. The molecule has 1 N–H and O–H groups in total. The first-order chi connectivity index (χ1) is 12.2. The van der Waals surface area contributed by atoms with Crippen LogP contribution in [0.1, 0.15) is 34.2 Å². The number of fused-ring (bicyclic) bond motifs is 1. The summed E-state index contributed by atoms with van der Waals surface area (Å²) in [6.07, 6.45) is -2.32. The molecule has 0 atom stereocenters. The number of alkyl halides is 3. The number of anilines is 1. The summed E-state index contributed by atoms with van der Waals surface area (Å²) in [5.41, 5.74) is 1.36. The Kier molecular flexibility index (Phi) is 4.66. The summed E-state index contributed by atoms with van der Waals surface area (Å²) in [6.45, 7) is 3.85. The quantitative estimate of drug-likeness (QED) is 0.683. The van der Waals surface area contributed by atoms with Gasteiger partial charge in [-0.3, -0.25) is 4.79 Å². The third-order valence-corrected chi connectivity index (χ3v) is 4.32. The molecule has 0 aliphatic rings. The molecule has 1 amide bonds. The van der Waals surface area contributed by atoms with Crippen LogP contribution in [-0.2, 0) is 12.6 Å². The van der Waals surface area contributed by atoms with Crippen LogP contribution in [-0.4, -0.2) is 15.3 Å². The second kappa shape index (κ2) is 6.64. The fraction of sp³-hybridized carbons (Fsp3) is 0.222. The van der Waals surface area contributed by atoms with Crippen molar-refractivity contribution in [1.82, 2.24) is 9.38 Å². The van der Waals surface area contributed by atoms with E-state index in [2.05, 4.69) is 10.3 Å². The Morgan fingerprint density at radius 1 is 1.27 bits per heavy atom. The molecule has 1 aromatic carbocycles. The predicted molar refractivity (Wildman–Crippen MR) is 93.7 cm³/mol. The highest BCUT2D eigenvalue weighted by atomic mass is 35.5. The summed E-state index contributed by atoms with van der Waals surface area (Å²) in [5.74, 6) is -0.647. The van der Waals surface area contributed by atoms with Crippen molar-refractivity contribution < 1.29 is 18.0 Å². The molecule has 0 radical (unpaired) electrons.